The van der Waals surface area contributed by atoms with Gasteiger partial charge in [-0.1, -0.05) is 24.4 Å². The molecule has 26 heavy (non-hydrogen) atoms. The summed E-state index contributed by atoms with van der Waals surface area (Å²) in [5, 5.41) is 13.7. The largest absolute Gasteiger partial charge is 0.341 e. The average Bonchev–Trinajstić information content (AvgIpc) is 2.92. The summed E-state index contributed by atoms with van der Waals surface area (Å²) in [5.41, 5.74) is -0.772. The highest BCUT2D eigenvalue weighted by Crippen LogP contribution is 2.38. The van der Waals surface area contributed by atoms with Crippen molar-refractivity contribution in [1.82, 2.24) is 19.9 Å². The maximum atomic E-state index is 13.1. The Kier molecular flexibility index (Phi) is 5.92. The van der Waals surface area contributed by atoms with Gasteiger partial charge in [0.1, 0.15) is 5.41 Å². The van der Waals surface area contributed by atoms with Gasteiger partial charge in [-0.25, -0.2) is 0 Å². The van der Waals surface area contributed by atoms with Crippen LogP contribution in [0.3, 0.4) is 0 Å². The fourth-order valence-electron chi connectivity index (χ4n) is 4.31. The minimum absolute atomic E-state index is 0.0665. The minimum Gasteiger partial charge on any atom is -0.341 e. The molecule has 1 saturated heterocycles. The van der Waals surface area contributed by atoms with Gasteiger partial charge >= 0.3 is 0 Å². The van der Waals surface area contributed by atoms with Crippen molar-refractivity contribution in [2.45, 2.75) is 70.9 Å². The number of carbonyl (C=O) groups is 1. The Balaban J connectivity index is 1.59. The van der Waals surface area contributed by atoms with Gasteiger partial charge in [0, 0.05) is 26.1 Å². The molecule has 1 unspecified atom stereocenters. The molecule has 0 N–H and O–H groups in total. The highest BCUT2D eigenvalue weighted by molar-refractivity contribution is 5.85. The number of rotatable bonds is 4. The first kappa shape index (κ1) is 18.8. The predicted molar refractivity (Wildman–Crippen MR) is 95.9 cm³/mol. The van der Waals surface area contributed by atoms with Crippen LogP contribution < -0.4 is 0 Å². The molecule has 1 aliphatic carbocycles. The second-order valence-electron chi connectivity index (χ2n) is 7.78. The first-order valence-corrected chi connectivity index (χ1v) is 9.74. The van der Waals surface area contributed by atoms with E-state index in [9.17, 15) is 10.1 Å². The lowest BCUT2D eigenvalue weighted by molar-refractivity contribution is -0.140. The van der Waals surface area contributed by atoms with E-state index in [4.69, 9.17) is 4.52 Å². The molecule has 0 bridgehead atoms. The third-order valence-electron chi connectivity index (χ3n) is 5.90. The zero-order valence-corrected chi connectivity index (χ0v) is 15.9. The van der Waals surface area contributed by atoms with E-state index >= 15 is 0 Å². The Labute approximate surface area is 155 Å². The van der Waals surface area contributed by atoms with Crippen molar-refractivity contribution in [3.8, 4) is 6.07 Å². The van der Waals surface area contributed by atoms with E-state index in [1.807, 2.05) is 4.90 Å². The third kappa shape index (κ3) is 4.07. The summed E-state index contributed by atoms with van der Waals surface area (Å²) >= 11 is 0. The van der Waals surface area contributed by atoms with Gasteiger partial charge in [-0.3, -0.25) is 9.69 Å². The van der Waals surface area contributed by atoms with Crippen LogP contribution in [-0.4, -0.2) is 52.0 Å². The quantitative estimate of drug-likeness (QED) is 0.821. The van der Waals surface area contributed by atoms with Crippen molar-refractivity contribution in [3.05, 3.63) is 11.7 Å². The molecule has 2 heterocycles. The highest BCUT2D eigenvalue weighted by Gasteiger charge is 2.42. The Morgan fingerprint density at radius 2 is 2.08 bits per heavy atom. The van der Waals surface area contributed by atoms with E-state index in [0.717, 1.165) is 64.5 Å². The number of hydrogen-bond acceptors (Lipinski definition) is 6. The molecular formula is C19H29N5O2. The topological polar surface area (TPSA) is 86.3 Å². The molecule has 1 aromatic heterocycles. The maximum Gasteiger partial charge on any atom is 0.243 e. The Bertz CT molecular complexity index is 659. The van der Waals surface area contributed by atoms with E-state index in [0.29, 0.717) is 24.3 Å². The third-order valence-corrected chi connectivity index (χ3v) is 5.90. The fourth-order valence-corrected chi connectivity index (χ4v) is 4.31. The van der Waals surface area contributed by atoms with E-state index < -0.39 is 5.41 Å². The fraction of sp³-hybridized carbons (Fsp3) is 0.789. The SMILES string of the molecule is Cc1nc(CN(C)C2CCCN(C(=O)C3(C#N)CCCCC3)CC2)no1. The summed E-state index contributed by atoms with van der Waals surface area (Å²) in [7, 11) is 2.08. The molecular weight excluding hydrogens is 330 g/mol. The van der Waals surface area contributed by atoms with Crippen molar-refractivity contribution in [2.24, 2.45) is 5.41 Å². The van der Waals surface area contributed by atoms with Crippen LogP contribution in [0.5, 0.6) is 0 Å². The second kappa shape index (κ2) is 8.17. The number of aromatic nitrogens is 2. The maximum absolute atomic E-state index is 13.1. The lowest BCUT2D eigenvalue weighted by Crippen LogP contribution is -2.45. The molecule has 1 aromatic rings. The number of carbonyl (C=O) groups excluding carboxylic acids is 1. The number of aryl methyl sites for hydroxylation is 1. The van der Waals surface area contributed by atoms with Gasteiger partial charge in [-0.2, -0.15) is 10.2 Å². The summed E-state index contributed by atoms with van der Waals surface area (Å²) in [6.07, 6.45) is 7.48. The van der Waals surface area contributed by atoms with Gasteiger partial charge < -0.3 is 9.42 Å². The molecule has 2 aliphatic rings. The van der Waals surface area contributed by atoms with Crippen molar-refractivity contribution in [1.29, 1.82) is 5.26 Å². The van der Waals surface area contributed by atoms with Crippen LogP contribution in [-0.2, 0) is 11.3 Å². The Morgan fingerprint density at radius 3 is 2.73 bits per heavy atom. The van der Waals surface area contributed by atoms with Gasteiger partial charge in [0.25, 0.3) is 0 Å². The molecule has 142 valence electrons. The number of amides is 1. The molecule has 2 fully saturated rings. The number of hydrogen-bond donors (Lipinski definition) is 0. The normalized spacial score (nSPS) is 23.5. The Hall–Kier alpha value is -1.94. The van der Waals surface area contributed by atoms with Crippen LogP contribution in [0.2, 0.25) is 0 Å². The molecule has 0 radical (unpaired) electrons. The van der Waals surface area contributed by atoms with Crippen molar-refractivity contribution >= 4 is 5.91 Å². The lowest BCUT2D eigenvalue weighted by Gasteiger charge is -2.34. The average molecular weight is 359 g/mol. The molecule has 0 aromatic carbocycles. The zero-order valence-electron chi connectivity index (χ0n) is 15.9. The highest BCUT2D eigenvalue weighted by atomic mass is 16.5. The number of likely N-dealkylation sites (tertiary alicyclic amines) is 1. The predicted octanol–water partition coefficient (Wildman–Crippen LogP) is 2.67. The second-order valence-corrected chi connectivity index (χ2v) is 7.78. The van der Waals surface area contributed by atoms with E-state index in [1.165, 1.54) is 0 Å². The van der Waals surface area contributed by atoms with Crippen LogP contribution in [0.15, 0.2) is 4.52 Å². The molecule has 1 atom stereocenters. The molecule has 7 nitrogen and oxygen atoms in total. The summed E-state index contributed by atoms with van der Waals surface area (Å²) in [4.78, 5) is 21.6. The molecule has 7 heteroatoms. The molecule has 1 aliphatic heterocycles. The lowest BCUT2D eigenvalue weighted by atomic mass is 9.74. The molecule has 3 rings (SSSR count). The van der Waals surface area contributed by atoms with Crippen molar-refractivity contribution < 1.29 is 9.32 Å². The van der Waals surface area contributed by atoms with Gasteiger partial charge in [0.2, 0.25) is 11.8 Å². The summed E-state index contributed by atoms with van der Waals surface area (Å²) in [6.45, 7) is 3.93. The van der Waals surface area contributed by atoms with Crippen LogP contribution in [0, 0.1) is 23.7 Å². The monoisotopic (exact) mass is 359 g/mol. The molecule has 1 amide bonds. The molecule has 1 saturated carbocycles. The van der Waals surface area contributed by atoms with Gasteiger partial charge in [0.05, 0.1) is 12.6 Å². The van der Waals surface area contributed by atoms with Crippen molar-refractivity contribution in [2.75, 3.05) is 20.1 Å². The van der Waals surface area contributed by atoms with Crippen LogP contribution in [0.25, 0.3) is 0 Å². The van der Waals surface area contributed by atoms with Crippen LogP contribution >= 0.6 is 0 Å². The minimum atomic E-state index is -0.772. The van der Waals surface area contributed by atoms with Crippen LogP contribution in [0.4, 0.5) is 0 Å². The van der Waals surface area contributed by atoms with Crippen LogP contribution in [0.1, 0.15) is 63.1 Å². The van der Waals surface area contributed by atoms with Gasteiger partial charge in [-0.15, -0.1) is 0 Å². The number of nitrogens with zero attached hydrogens (tertiary/aromatic N) is 5. The summed E-state index contributed by atoms with van der Waals surface area (Å²) < 4.78 is 5.05. The smallest absolute Gasteiger partial charge is 0.243 e. The number of nitriles is 1. The summed E-state index contributed by atoms with van der Waals surface area (Å²) in [6, 6.07) is 2.76. The Morgan fingerprint density at radius 1 is 1.31 bits per heavy atom. The first-order valence-electron chi connectivity index (χ1n) is 9.74. The summed E-state index contributed by atoms with van der Waals surface area (Å²) in [5.74, 6) is 1.35. The standard InChI is InChI=1S/C19H29N5O2/c1-15-21-17(22-26-15)13-23(2)16-7-6-11-24(12-8-16)18(25)19(14-20)9-4-3-5-10-19/h16H,3-13H2,1-2H3. The molecule has 0 spiro atoms. The first-order chi connectivity index (χ1) is 12.5. The van der Waals surface area contributed by atoms with Crippen molar-refractivity contribution in [3.63, 3.8) is 0 Å². The van der Waals surface area contributed by atoms with Gasteiger partial charge in [0.15, 0.2) is 5.82 Å². The van der Waals surface area contributed by atoms with E-state index in [-0.39, 0.29) is 5.91 Å². The van der Waals surface area contributed by atoms with Gasteiger partial charge in [-0.05, 0) is 39.2 Å². The van der Waals surface area contributed by atoms with E-state index in [2.05, 4.69) is 28.2 Å². The zero-order chi connectivity index (χ0) is 18.6. The van der Waals surface area contributed by atoms with E-state index in [1.54, 1.807) is 6.92 Å².